The van der Waals surface area contributed by atoms with Gasteiger partial charge in [0.2, 0.25) is 0 Å². The molecule has 5 heteroatoms. The van der Waals surface area contributed by atoms with Crippen molar-refractivity contribution in [3.63, 3.8) is 0 Å². The van der Waals surface area contributed by atoms with Gasteiger partial charge >= 0.3 is 0 Å². The minimum atomic E-state index is 0.467. The molecule has 0 saturated carbocycles. The zero-order chi connectivity index (χ0) is 12.3. The molecular formula is C12H14N4O. The molecule has 2 aromatic heterocycles. The van der Waals surface area contributed by atoms with E-state index in [0.717, 1.165) is 23.5 Å². The van der Waals surface area contributed by atoms with Crippen LogP contribution in [0.3, 0.4) is 0 Å². The van der Waals surface area contributed by atoms with E-state index >= 15 is 0 Å². The third-order valence-corrected chi connectivity index (χ3v) is 2.35. The summed E-state index contributed by atoms with van der Waals surface area (Å²) in [6, 6.07) is 3.60. The highest BCUT2D eigenvalue weighted by Gasteiger charge is 2.05. The standard InChI is InChI=1S/C12H14N4O/c1-3-12-15-10(5-11(13)16-12)8-4-9(17-2)7-14-6-8/h4-7H,3H2,1-2H3,(H2,13,15,16). The van der Waals surface area contributed by atoms with E-state index in [4.69, 9.17) is 10.5 Å². The molecule has 2 heterocycles. The van der Waals surface area contributed by atoms with Crippen LogP contribution in [-0.2, 0) is 6.42 Å². The van der Waals surface area contributed by atoms with Gasteiger partial charge in [0, 0.05) is 24.2 Å². The molecule has 2 aromatic rings. The van der Waals surface area contributed by atoms with Crippen LogP contribution >= 0.6 is 0 Å². The predicted octanol–water partition coefficient (Wildman–Crippen LogP) is 1.69. The van der Waals surface area contributed by atoms with Crippen LogP contribution in [0.4, 0.5) is 5.82 Å². The highest BCUT2D eigenvalue weighted by Crippen LogP contribution is 2.21. The van der Waals surface area contributed by atoms with Crippen molar-refractivity contribution in [2.45, 2.75) is 13.3 Å². The van der Waals surface area contributed by atoms with Crippen molar-refractivity contribution in [1.82, 2.24) is 15.0 Å². The Morgan fingerprint density at radius 2 is 2.06 bits per heavy atom. The van der Waals surface area contributed by atoms with Crippen LogP contribution < -0.4 is 10.5 Å². The van der Waals surface area contributed by atoms with Crippen molar-refractivity contribution in [2.75, 3.05) is 12.8 Å². The first kappa shape index (κ1) is 11.3. The number of hydrogen-bond acceptors (Lipinski definition) is 5. The Morgan fingerprint density at radius 1 is 1.24 bits per heavy atom. The molecule has 2 N–H and O–H groups in total. The maximum atomic E-state index is 5.74. The molecule has 0 unspecified atom stereocenters. The summed E-state index contributed by atoms with van der Waals surface area (Å²) in [7, 11) is 1.60. The van der Waals surface area contributed by atoms with E-state index in [-0.39, 0.29) is 0 Å². The molecule has 0 saturated heterocycles. The van der Waals surface area contributed by atoms with Gasteiger partial charge in [-0.05, 0) is 6.07 Å². The highest BCUT2D eigenvalue weighted by atomic mass is 16.5. The molecule has 88 valence electrons. The molecule has 0 radical (unpaired) electrons. The fourth-order valence-electron chi connectivity index (χ4n) is 1.49. The van der Waals surface area contributed by atoms with E-state index in [1.807, 2.05) is 13.0 Å². The normalized spacial score (nSPS) is 10.2. The summed E-state index contributed by atoms with van der Waals surface area (Å²) < 4.78 is 5.13. The number of nitrogens with zero attached hydrogens (tertiary/aromatic N) is 3. The number of nitrogen functional groups attached to an aromatic ring is 1. The predicted molar refractivity (Wildman–Crippen MR) is 65.6 cm³/mol. The third-order valence-electron chi connectivity index (χ3n) is 2.35. The number of hydrogen-bond donors (Lipinski definition) is 1. The Labute approximate surface area is 99.7 Å². The van der Waals surface area contributed by atoms with Gasteiger partial charge in [0.1, 0.15) is 17.4 Å². The summed E-state index contributed by atoms with van der Waals surface area (Å²) in [5.74, 6) is 1.88. The number of aryl methyl sites for hydroxylation is 1. The quantitative estimate of drug-likeness (QED) is 0.868. The van der Waals surface area contributed by atoms with E-state index in [1.54, 1.807) is 25.6 Å². The molecule has 2 rings (SSSR count). The second kappa shape index (κ2) is 4.78. The number of ether oxygens (including phenoxy) is 1. The summed E-state index contributed by atoms with van der Waals surface area (Å²) >= 11 is 0. The van der Waals surface area contributed by atoms with E-state index in [1.165, 1.54) is 0 Å². The Kier molecular flexibility index (Phi) is 3.18. The summed E-state index contributed by atoms with van der Waals surface area (Å²) in [5, 5.41) is 0. The molecule has 0 spiro atoms. The summed E-state index contributed by atoms with van der Waals surface area (Å²) in [6.45, 7) is 1.99. The monoisotopic (exact) mass is 230 g/mol. The molecule has 5 nitrogen and oxygen atoms in total. The summed E-state index contributed by atoms with van der Waals surface area (Å²) in [4.78, 5) is 12.6. The molecule has 0 aliphatic heterocycles. The van der Waals surface area contributed by atoms with E-state index in [0.29, 0.717) is 11.6 Å². The van der Waals surface area contributed by atoms with E-state index in [2.05, 4.69) is 15.0 Å². The Balaban J connectivity index is 2.47. The molecule has 0 aliphatic rings. The average molecular weight is 230 g/mol. The maximum Gasteiger partial charge on any atom is 0.137 e. The number of methoxy groups -OCH3 is 1. The smallest absolute Gasteiger partial charge is 0.137 e. The lowest BCUT2D eigenvalue weighted by Crippen LogP contribution is -2.00. The molecule has 0 atom stereocenters. The number of pyridine rings is 1. The Hall–Kier alpha value is -2.17. The molecule has 0 aliphatic carbocycles. The SMILES string of the molecule is CCc1nc(N)cc(-c2cncc(OC)c2)n1. The van der Waals surface area contributed by atoms with Crippen molar-refractivity contribution in [3.05, 3.63) is 30.4 Å². The Morgan fingerprint density at radius 3 is 2.76 bits per heavy atom. The lowest BCUT2D eigenvalue weighted by atomic mass is 10.2. The molecule has 0 fully saturated rings. The van der Waals surface area contributed by atoms with Gasteiger partial charge in [0.15, 0.2) is 0 Å². The number of nitrogens with two attached hydrogens (primary N) is 1. The van der Waals surface area contributed by atoms with Gasteiger partial charge in [0.05, 0.1) is 19.0 Å². The number of rotatable bonds is 3. The first-order valence-corrected chi connectivity index (χ1v) is 5.35. The maximum absolute atomic E-state index is 5.74. The first-order valence-electron chi connectivity index (χ1n) is 5.35. The highest BCUT2D eigenvalue weighted by molar-refractivity contribution is 5.62. The molecule has 0 aromatic carbocycles. The zero-order valence-electron chi connectivity index (χ0n) is 9.84. The largest absolute Gasteiger partial charge is 0.495 e. The van der Waals surface area contributed by atoms with Crippen molar-refractivity contribution in [1.29, 1.82) is 0 Å². The number of aromatic nitrogens is 3. The third kappa shape index (κ3) is 2.50. The van der Waals surface area contributed by atoms with Crippen LogP contribution in [0, 0.1) is 0 Å². The second-order valence-electron chi connectivity index (χ2n) is 3.56. The fraction of sp³-hybridized carbons (Fsp3) is 0.250. The first-order chi connectivity index (χ1) is 8.22. The van der Waals surface area contributed by atoms with Crippen LogP contribution in [0.15, 0.2) is 24.5 Å². The van der Waals surface area contributed by atoms with Gasteiger partial charge in [-0.2, -0.15) is 0 Å². The fourth-order valence-corrected chi connectivity index (χ4v) is 1.49. The van der Waals surface area contributed by atoms with Crippen LogP contribution in [0.25, 0.3) is 11.3 Å². The minimum Gasteiger partial charge on any atom is -0.495 e. The van der Waals surface area contributed by atoms with E-state index < -0.39 is 0 Å². The van der Waals surface area contributed by atoms with Gasteiger partial charge in [-0.25, -0.2) is 9.97 Å². The topological polar surface area (TPSA) is 73.9 Å². The lowest BCUT2D eigenvalue weighted by Gasteiger charge is -2.05. The van der Waals surface area contributed by atoms with Crippen LogP contribution in [0.2, 0.25) is 0 Å². The van der Waals surface area contributed by atoms with Crippen molar-refractivity contribution in [2.24, 2.45) is 0 Å². The minimum absolute atomic E-state index is 0.467. The van der Waals surface area contributed by atoms with Crippen molar-refractivity contribution >= 4 is 5.82 Å². The number of anilines is 1. The van der Waals surface area contributed by atoms with Crippen LogP contribution in [0.1, 0.15) is 12.7 Å². The van der Waals surface area contributed by atoms with Gasteiger partial charge in [-0.1, -0.05) is 6.92 Å². The van der Waals surface area contributed by atoms with Gasteiger partial charge < -0.3 is 10.5 Å². The van der Waals surface area contributed by atoms with Crippen LogP contribution in [0.5, 0.6) is 5.75 Å². The van der Waals surface area contributed by atoms with Gasteiger partial charge in [0.25, 0.3) is 0 Å². The lowest BCUT2D eigenvalue weighted by molar-refractivity contribution is 0.413. The average Bonchev–Trinajstić information content (AvgIpc) is 2.38. The second-order valence-corrected chi connectivity index (χ2v) is 3.56. The van der Waals surface area contributed by atoms with Crippen molar-refractivity contribution < 1.29 is 4.74 Å². The van der Waals surface area contributed by atoms with Crippen molar-refractivity contribution in [3.8, 4) is 17.0 Å². The van der Waals surface area contributed by atoms with Gasteiger partial charge in [-0.3, -0.25) is 4.98 Å². The van der Waals surface area contributed by atoms with Crippen LogP contribution in [-0.4, -0.2) is 22.1 Å². The molecule has 0 amide bonds. The van der Waals surface area contributed by atoms with Gasteiger partial charge in [-0.15, -0.1) is 0 Å². The Bertz CT molecular complexity index is 528. The van der Waals surface area contributed by atoms with E-state index in [9.17, 15) is 0 Å². The molecular weight excluding hydrogens is 216 g/mol. The summed E-state index contributed by atoms with van der Waals surface area (Å²) in [6.07, 6.45) is 4.12. The summed E-state index contributed by atoms with van der Waals surface area (Å²) in [5.41, 5.74) is 7.37. The zero-order valence-corrected chi connectivity index (χ0v) is 9.84. The molecule has 17 heavy (non-hydrogen) atoms. The molecule has 0 bridgehead atoms.